The second-order valence-electron chi connectivity index (χ2n) is 3.85. The molecule has 0 aliphatic heterocycles. The van der Waals surface area contributed by atoms with Crippen molar-refractivity contribution < 1.29 is 14.3 Å². The smallest absolute Gasteiger partial charge is 0.259 e. The molecule has 1 aromatic carbocycles. The zero-order chi connectivity index (χ0) is 15.4. The molecule has 2 aromatic rings. The van der Waals surface area contributed by atoms with Crippen LogP contribution in [0.2, 0.25) is 0 Å². The standard InChI is InChI=1S/C13H11BrIN3O3/c1-20-10-6-11(21-2)17-13(16-10)18-12(19)8-5-7(15)3-4-9(8)14/h3-6H,1-2H3,(H,16,17,18,19). The number of hydrogen-bond donors (Lipinski definition) is 1. The molecule has 0 atom stereocenters. The lowest BCUT2D eigenvalue weighted by Crippen LogP contribution is -2.15. The second kappa shape index (κ2) is 7.03. The van der Waals surface area contributed by atoms with Gasteiger partial charge in [-0.3, -0.25) is 10.1 Å². The molecule has 1 N–H and O–H groups in total. The van der Waals surface area contributed by atoms with Gasteiger partial charge in [0.2, 0.25) is 17.7 Å². The number of hydrogen-bond acceptors (Lipinski definition) is 5. The van der Waals surface area contributed by atoms with Crippen LogP contribution in [-0.2, 0) is 0 Å². The maximum absolute atomic E-state index is 12.3. The molecule has 1 heterocycles. The monoisotopic (exact) mass is 463 g/mol. The minimum Gasteiger partial charge on any atom is -0.481 e. The van der Waals surface area contributed by atoms with Crippen molar-refractivity contribution in [1.29, 1.82) is 0 Å². The molecule has 110 valence electrons. The Kier molecular flexibility index (Phi) is 5.34. The summed E-state index contributed by atoms with van der Waals surface area (Å²) < 4.78 is 11.7. The number of halogens is 2. The van der Waals surface area contributed by atoms with Crippen molar-refractivity contribution in [2.75, 3.05) is 19.5 Å². The minimum atomic E-state index is -0.323. The predicted molar refractivity (Wildman–Crippen MR) is 89.9 cm³/mol. The number of anilines is 1. The Bertz CT molecular complexity index is 659. The van der Waals surface area contributed by atoms with Gasteiger partial charge in [-0.15, -0.1) is 0 Å². The van der Waals surface area contributed by atoms with Crippen LogP contribution in [0, 0.1) is 3.57 Å². The summed E-state index contributed by atoms with van der Waals surface area (Å²) in [6.45, 7) is 0. The molecule has 0 aliphatic carbocycles. The number of amides is 1. The molecule has 0 unspecified atom stereocenters. The molecule has 0 radical (unpaired) electrons. The molecule has 0 aliphatic rings. The van der Waals surface area contributed by atoms with E-state index in [-0.39, 0.29) is 11.9 Å². The zero-order valence-electron chi connectivity index (χ0n) is 11.2. The highest BCUT2D eigenvalue weighted by Crippen LogP contribution is 2.22. The Morgan fingerprint density at radius 3 is 2.38 bits per heavy atom. The first-order chi connectivity index (χ1) is 10.0. The Hall–Kier alpha value is -1.42. The van der Waals surface area contributed by atoms with E-state index in [9.17, 15) is 4.79 Å². The average molecular weight is 464 g/mol. The molecule has 0 saturated carbocycles. The SMILES string of the molecule is COc1cc(OC)nc(NC(=O)c2cc(I)ccc2Br)n1. The number of carbonyl (C=O) groups excluding carboxylic acids is 1. The van der Waals surface area contributed by atoms with E-state index in [0.29, 0.717) is 21.8 Å². The molecule has 0 fully saturated rings. The van der Waals surface area contributed by atoms with Gasteiger partial charge in [0, 0.05) is 8.04 Å². The third kappa shape index (κ3) is 4.03. The van der Waals surface area contributed by atoms with Crippen molar-refractivity contribution in [3.63, 3.8) is 0 Å². The largest absolute Gasteiger partial charge is 0.481 e. The Labute approximate surface area is 143 Å². The Morgan fingerprint density at radius 1 is 1.19 bits per heavy atom. The summed E-state index contributed by atoms with van der Waals surface area (Å²) in [6.07, 6.45) is 0. The average Bonchev–Trinajstić information content (AvgIpc) is 2.49. The van der Waals surface area contributed by atoms with Crippen LogP contribution in [0.25, 0.3) is 0 Å². The van der Waals surface area contributed by atoms with Gasteiger partial charge in [-0.05, 0) is 56.7 Å². The molecular weight excluding hydrogens is 453 g/mol. The summed E-state index contributed by atoms with van der Waals surface area (Å²) in [5, 5.41) is 2.62. The van der Waals surface area contributed by atoms with E-state index >= 15 is 0 Å². The van der Waals surface area contributed by atoms with Crippen LogP contribution in [-0.4, -0.2) is 30.1 Å². The number of nitrogens with one attached hydrogen (secondary N) is 1. The maximum atomic E-state index is 12.3. The van der Waals surface area contributed by atoms with Crippen molar-refractivity contribution in [3.05, 3.63) is 37.9 Å². The summed E-state index contributed by atoms with van der Waals surface area (Å²) in [5.41, 5.74) is 0.493. The highest BCUT2D eigenvalue weighted by atomic mass is 127. The number of carbonyl (C=O) groups is 1. The molecule has 6 nitrogen and oxygen atoms in total. The van der Waals surface area contributed by atoms with E-state index in [1.807, 2.05) is 12.1 Å². The van der Waals surface area contributed by atoms with Crippen molar-refractivity contribution in [3.8, 4) is 11.8 Å². The van der Waals surface area contributed by atoms with Crippen molar-refractivity contribution in [2.45, 2.75) is 0 Å². The fourth-order valence-electron chi connectivity index (χ4n) is 1.51. The second-order valence-corrected chi connectivity index (χ2v) is 5.95. The van der Waals surface area contributed by atoms with Crippen LogP contribution in [0.1, 0.15) is 10.4 Å². The first kappa shape index (κ1) is 16.0. The number of aromatic nitrogens is 2. The van der Waals surface area contributed by atoms with Crippen LogP contribution < -0.4 is 14.8 Å². The molecule has 8 heteroatoms. The minimum absolute atomic E-state index is 0.113. The highest BCUT2D eigenvalue weighted by Gasteiger charge is 2.14. The lowest BCUT2D eigenvalue weighted by molar-refractivity contribution is 0.102. The van der Waals surface area contributed by atoms with E-state index < -0.39 is 0 Å². The topological polar surface area (TPSA) is 73.3 Å². The van der Waals surface area contributed by atoms with Gasteiger partial charge in [-0.2, -0.15) is 9.97 Å². The predicted octanol–water partition coefficient (Wildman–Crippen LogP) is 3.11. The molecule has 0 saturated heterocycles. The maximum Gasteiger partial charge on any atom is 0.259 e. The van der Waals surface area contributed by atoms with E-state index in [4.69, 9.17) is 9.47 Å². The highest BCUT2D eigenvalue weighted by molar-refractivity contribution is 14.1. The van der Waals surface area contributed by atoms with Crippen LogP contribution in [0.4, 0.5) is 5.95 Å². The lowest BCUT2D eigenvalue weighted by atomic mass is 10.2. The molecule has 2 rings (SSSR count). The van der Waals surface area contributed by atoms with Gasteiger partial charge in [0.1, 0.15) is 0 Å². The van der Waals surface area contributed by atoms with Crippen LogP contribution >= 0.6 is 38.5 Å². The third-order valence-electron chi connectivity index (χ3n) is 2.50. The van der Waals surface area contributed by atoms with Gasteiger partial charge in [0.25, 0.3) is 5.91 Å². The molecule has 0 spiro atoms. The molecule has 21 heavy (non-hydrogen) atoms. The molecule has 1 amide bonds. The number of rotatable bonds is 4. The van der Waals surface area contributed by atoms with Gasteiger partial charge < -0.3 is 9.47 Å². The van der Waals surface area contributed by atoms with Crippen molar-refractivity contribution >= 4 is 50.4 Å². The van der Waals surface area contributed by atoms with Gasteiger partial charge in [-0.25, -0.2) is 0 Å². The molecule has 1 aromatic heterocycles. The van der Waals surface area contributed by atoms with E-state index in [0.717, 1.165) is 3.57 Å². The Morgan fingerprint density at radius 2 is 1.81 bits per heavy atom. The van der Waals surface area contributed by atoms with Crippen molar-refractivity contribution in [1.82, 2.24) is 9.97 Å². The van der Waals surface area contributed by atoms with Crippen LogP contribution in [0.5, 0.6) is 11.8 Å². The summed E-state index contributed by atoms with van der Waals surface area (Å²) in [4.78, 5) is 20.4. The summed E-state index contributed by atoms with van der Waals surface area (Å²) >= 11 is 5.48. The first-order valence-electron chi connectivity index (χ1n) is 5.77. The fourth-order valence-corrected chi connectivity index (χ4v) is 2.43. The lowest BCUT2D eigenvalue weighted by Gasteiger charge is -2.08. The van der Waals surface area contributed by atoms with Gasteiger partial charge >= 0.3 is 0 Å². The summed E-state index contributed by atoms with van der Waals surface area (Å²) in [6, 6.07) is 6.99. The molecule has 0 bridgehead atoms. The van der Waals surface area contributed by atoms with Crippen LogP contribution in [0.3, 0.4) is 0 Å². The number of ether oxygens (including phenoxy) is 2. The van der Waals surface area contributed by atoms with Crippen molar-refractivity contribution in [2.24, 2.45) is 0 Å². The number of benzene rings is 1. The normalized spacial score (nSPS) is 10.1. The van der Waals surface area contributed by atoms with Gasteiger partial charge in [-0.1, -0.05) is 0 Å². The zero-order valence-corrected chi connectivity index (χ0v) is 14.9. The summed E-state index contributed by atoms with van der Waals surface area (Å²) in [5.74, 6) is 0.398. The Balaban J connectivity index is 2.28. The van der Waals surface area contributed by atoms with Crippen LogP contribution in [0.15, 0.2) is 28.7 Å². The van der Waals surface area contributed by atoms with E-state index in [1.165, 1.54) is 20.3 Å². The number of methoxy groups -OCH3 is 2. The number of nitrogens with zero attached hydrogens (tertiary/aromatic N) is 2. The third-order valence-corrected chi connectivity index (χ3v) is 3.86. The summed E-state index contributed by atoms with van der Waals surface area (Å²) in [7, 11) is 2.95. The fraction of sp³-hybridized carbons (Fsp3) is 0.154. The van der Waals surface area contributed by atoms with E-state index in [1.54, 1.807) is 6.07 Å². The quantitative estimate of drug-likeness (QED) is 0.705. The first-order valence-corrected chi connectivity index (χ1v) is 7.64. The van der Waals surface area contributed by atoms with E-state index in [2.05, 4.69) is 53.8 Å². The van der Waals surface area contributed by atoms with Gasteiger partial charge in [0.05, 0.1) is 25.8 Å². The molecular formula is C13H11BrIN3O3. The van der Waals surface area contributed by atoms with Gasteiger partial charge in [0.15, 0.2) is 0 Å².